The highest BCUT2D eigenvalue weighted by molar-refractivity contribution is 7.98. The monoisotopic (exact) mass is 267 g/mol. The minimum Gasteiger partial charge on any atom is -0.384 e. The van der Waals surface area contributed by atoms with Gasteiger partial charge in [0.1, 0.15) is 12.4 Å². The van der Waals surface area contributed by atoms with Crippen molar-refractivity contribution < 1.29 is 14.3 Å². The lowest BCUT2D eigenvalue weighted by Gasteiger charge is -2.07. The maximum absolute atomic E-state index is 13.1. The lowest BCUT2D eigenvalue weighted by molar-refractivity contribution is -0.115. The van der Waals surface area contributed by atoms with Crippen LogP contribution in [0.4, 0.5) is 10.1 Å². The molecule has 0 spiro atoms. The summed E-state index contributed by atoms with van der Waals surface area (Å²) >= 11 is 1.58. The van der Waals surface area contributed by atoms with Gasteiger partial charge in [0.05, 0.1) is 11.3 Å². The zero-order valence-corrected chi connectivity index (χ0v) is 10.8. The maximum Gasteiger partial charge on any atom is 0.225 e. The lowest BCUT2D eigenvalue weighted by atomic mass is 10.1. The van der Waals surface area contributed by atoms with E-state index >= 15 is 0 Å². The van der Waals surface area contributed by atoms with Gasteiger partial charge in [-0.3, -0.25) is 4.79 Å². The topological polar surface area (TPSA) is 49.3 Å². The van der Waals surface area contributed by atoms with Gasteiger partial charge in [-0.15, -0.1) is 0 Å². The summed E-state index contributed by atoms with van der Waals surface area (Å²) in [6.07, 6.45) is 2.31. The number of carbonyl (C=O) groups excluding carboxylic acids is 1. The van der Waals surface area contributed by atoms with Gasteiger partial charge in [0.15, 0.2) is 0 Å². The summed E-state index contributed by atoms with van der Waals surface area (Å²) in [5.74, 6) is 5.20. The quantitative estimate of drug-likeness (QED) is 0.819. The van der Waals surface area contributed by atoms with E-state index < -0.39 is 5.82 Å². The van der Waals surface area contributed by atoms with Crippen molar-refractivity contribution in [1.82, 2.24) is 0 Å². The summed E-state index contributed by atoms with van der Waals surface area (Å²) in [7, 11) is 0. The first-order chi connectivity index (χ1) is 8.67. The standard InChI is InChI=1S/C13H14FNO2S/c1-18-8-6-13(17)15-12-5-4-11(14)9-10(12)3-2-7-16/h4-5,9,16H,6-8H2,1H3,(H,15,17). The molecule has 1 amide bonds. The lowest BCUT2D eigenvalue weighted by Crippen LogP contribution is -2.13. The van der Waals surface area contributed by atoms with Crippen LogP contribution in [0.2, 0.25) is 0 Å². The van der Waals surface area contributed by atoms with Crippen LogP contribution < -0.4 is 5.32 Å². The molecule has 0 aromatic heterocycles. The average molecular weight is 267 g/mol. The molecule has 18 heavy (non-hydrogen) atoms. The van der Waals surface area contributed by atoms with Crippen molar-refractivity contribution in [3.63, 3.8) is 0 Å². The highest BCUT2D eigenvalue weighted by atomic mass is 32.2. The summed E-state index contributed by atoms with van der Waals surface area (Å²) in [4.78, 5) is 11.6. The van der Waals surface area contributed by atoms with Gasteiger partial charge < -0.3 is 10.4 Å². The molecule has 0 unspecified atom stereocenters. The first kappa shape index (κ1) is 14.6. The number of aliphatic hydroxyl groups excluding tert-OH is 1. The first-order valence-corrected chi connectivity index (χ1v) is 6.75. The minimum absolute atomic E-state index is 0.136. The van der Waals surface area contributed by atoms with E-state index in [1.807, 2.05) is 6.26 Å². The summed E-state index contributed by atoms with van der Waals surface area (Å²) in [6, 6.07) is 3.95. The van der Waals surface area contributed by atoms with E-state index in [0.717, 1.165) is 5.75 Å². The molecule has 1 rings (SSSR count). The number of hydrogen-bond acceptors (Lipinski definition) is 3. The molecule has 0 aliphatic heterocycles. The Hall–Kier alpha value is -1.51. The molecule has 0 radical (unpaired) electrons. The van der Waals surface area contributed by atoms with E-state index in [2.05, 4.69) is 17.2 Å². The molecular weight excluding hydrogens is 253 g/mol. The van der Waals surface area contributed by atoms with E-state index in [-0.39, 0.29) is 12.5 Å². The average Bonchev–Trinajstić information content (AvgIpc) is 2.36. The third-order valence-electron chi connectivity index (χ3n) is 2.09. The summed E-state index contributed by atoms with van der Waals surface area (Å²) in [5, 5.41) is 11.3. The number of amides is 1. The maximum atomic E-state index is 13.1. The largest absolute Gasteiger partial charge is 0.384 e. The molecule has 1 aromatic rings. The van der Waals surface area contributed by atoms with Crippen molar-refractivity contribution in [2.45, 2.75) is 6.42 Å². The Balaban J connectivity index is 2.84. The highest BCUT2D eigenvalue weighted by Gasteiger charge is 2.06. The third kappa shape index (κ3) is 4.78. The van der Waals surface area contributed by atoms with Gasteiger partial charge in [-0.25, -0.2) is 4.39 Å². The van der Waals surface area contributed by atoms with Crippen molar-refractivity contribution >= 4 is 23.4 Å². The Morgan fingerprint density at radius 1 is 1.56 bits per heavy atom. The molecule has 0 saturated heterocycles. The fourth-order valence-electron chi connectivity index (χ4n) is 1.27. The highest BCUT2D eigenvalue weighted by Crippen LogP contribution is 2.16. The summed E-state index contributed by atoms with van der Waals surface area (Å²) in [6.45, 7) is -0.309. The molecule has 0 heterocycles. The fourth-order valence-corrected chi connectivity index (χ4v) is 1.66. The molecule has 0 fully saturated rings. The predicted molar refractivity (Wildman–Crippen MR) is 72.0 cm³/mol. The first-order valence-electron chi connectivity index (χ1n) is 5.35. The molecule has 5 heteroatoms. The van der Waals surface area contributed by atoms with Gasteiger partial charge >= 0.3 is 0 Å². The van der Waals surface area contributed by atoms with Crippen LogP contribution in [-0.2, 0) is 4.79 Å². The minimum atomic E-state index is -0.431. The molecule has 0 bridgehead atoms. The number of hydrogen-bond donors (Lipinski definition) is 2. The van der Waals surface area contributed by atoms with Crippen LogP contribution in [-0.4, -0.2) is 29.6 Å². The van der Waals surface area contributed by atoms with Crippen molar-refractivity contribution in [3.8, 4) is 11.8 Å². The van der Waals surface area contributed by atoms with Gasteiger partial charge in [0, 0.05) is 12.2 Å². The number of benzene rings is 1. The Bertz CT molecular complexity index is 480. The predicted octanol–water partition coefficient (Wildman–Crippen LogP) is 1.86. The van der Waals surface area contributed by atoms with E-state index in [0.29, 0.717) is 17.7 Å². The van der Waals surface area contributed by atoms with E-state index in [9.17, 15) is 9.18 Å². The fraction of sp³-hybridized carbons (Fsp3) is 0.308. The van der Waals surface area contributed by atoms with Gasteiger partial charge in [-0.2, -0.15) is 11.8 Å². The molecule has 0 aliphatic rings. The number of rotatable bonds is 4. The summed E-state index contributed by atoms with van der Waals surface area (Å²) in [5.41, 5.74) is 0.824. The zero-order chi connectivity index (χ0) is 13.4. The molecule has 1 aromatic carbocycles. The van der Waals surface area contributed by atoms with E-state index in [1.165, 1.54) is 18.2 Å². The van der Waals surface area contributed by atoms with E-state index in [1.54, 1.807) is 11.8 Å². The van der Waals surface area contributed by atoms with Gasteiger partial charge in [0.25, 0.3) is 0 Å². The molecule has 0 saturated carbocycles. The Labute approximate surface area is 110 Å². The van der Waals surface area contributed by atoms with Gasteiger partial charge in [-0.05, 0) is 24.5 Å². The van der Waals surface area contributed by atoms with Crippen LogP contribution in [0, 0.1) is 17.7 Å². The number of aliphatic hydroxyl groups is 1. The molecule has 2 N–H and O–H groups in total. The number of nitrogens with one attached hydrogen (secondary N) is 1. The zero-order valence-electron chi connectivity index (χ0n) is 10.00. The normalized spacial score (nSPS) is 9.50. The third-order valence-corrected chi connectivity index (χ3v) is 2.70. The van der Waals surface area contributed by atoms with Crippen LogP contribution in [0.25, 0.3) is 0 Å². The summed E-state index contributed by atoms with van der Waals surface area (Å²) < 4.78 is 13.1. The second kappa shape index (κ2) is 7.75. The second-order valence-corrected chi connectivity index (χ2v) is 4.43. The Morgan fingerprint density at radius 3 is 3.00 bits per heavy atom. The molecule has 0 aliphatic carbocycles. The number of anilines is 1. The second-order valence-electron chi connectivity index (χ2n) is 3.44. The number of thioether (sulfide) groups is 1. The van der Waals surface area contributed by atoms with Crippen molar-refractivity contribution in [2.24, 2.45) is 0 Å². The Morgan fingerprint density at radius 2 is 2.33 bits per heavy atom. The van der Waals surface area contributed by atoms with Crippen LogP contribution in [0.15, 0.2) is 18.2 Å². The molecular formula is C13H14FNO2S. The van der Waals surface area contributed by atoms with Crippen LogP contribution in [0.5, 0.6) is 0 Å². The Kier molecular flexibility index (Phi) is 6.26. The number of halogens is 1. The van der Waals surface area contributed by atoms with Crippen molar-refractivity contribution in [3.05, 3.63) is 29.6 Å². The van der Waals surface area contributed by atoms with Crippen molar-refractivity contribution in [2.75, 3.05) is 23.9 Å². The van der Waals surface area contributed by atoms with Crippen molar-refractivity contribution in [1.29, 1.82) is 0 Å². The van der Waals surface area contributed by atoms with Crippen LogP contribution in [0.1, 0.15) is 12.0 Å². The van der Waals surface area contributed by atoms with Gasteiger partial charge in [0.2, 0.25) is 5.91 Å². The smallest absolute Gasteiger partial charge is 0.225 e. The SMILES string of the molecule is CSCCC(=O)Nc1ccc(F)cc1C#CCO. The van der Waals surface area contributed by atoms with Crippen LogP contribution >= 0.6 is 11.8 Å². The molecule has 0 atom stereocenters. The van der Waals surface area contributed by atoms with Gasteiger partial charge in [-0.1, -0.05) is 11.8 Å². The molecule has 96 valence electrons. The van der Waals surface area contributed by atoms with Crippen LogP contribution in [0.3, 0.4) is 0 Å². The molecule has 3 nitrogen and oxygen atoms in total. The number of carbonyl (C=O) groups is 1. The van der Waals surface area contributed by atoms with E-state index in [4.69, 9.17) is 5.11 Å².